The van der Waals surface area contributed by atoms with Crippen LogP contribution in [0.2, 0.25) is 0 Å². The lowest BCUT2D eigenvalue weighted by atomic mass is 9.84. The molecular formula is C62H92N10O7. The molecule has 7 fully saturated rings. The summed E-state index contributed by atoms with van der Waals surface area (Å²) in [5.41, 5.74) is 10.2. The van der Waals surface area contributed by atoms with Crippen molar-refractivity contribution >= 4 is 46.2 Å². The highest BCUT2D eigenvalue weighted by atomic mass is 16.6. The monoisotopic (exact) mass is 1090 g/mol. The van der Waals surface area contributed by atoms with Crippen LogP contribution in [0.1, 0.15) is 150 Å². The Hall–Kier alpha value is -4.97. The number of aromatic nitrogens is 2. The van der Waals surface area contributed by atoms with Gasteiger partial charge in [0.2, 0.25) is 5.91 Å². The minimum absolute atomic E-state index is 0.117. The number of piperidine rings is 1. The molecule has 0 radical (unpaired) electrons. The number of piperazine rings is 1. The average molecular weight is 1090 g/mol. The third-order valence-corrected chi connectivity index (χ3v) is 19.1. The molecule has 432 valence electrons. The first-order valence-electron chi connectivity index (χ1n) is 30.6. The number of amides is 3. The topological polar surface area (TPSA) is 157 Å². The Morgan fingerprint density at radius 2 is 1.67 bits per heavy atom. The van der Waals surface area contributed by atoms with Crippen LogP contribution in [0, 0.1) is 16.7 Å². The van der Waals surface area contributed by atoms with E-state index in [2.05, 4.69) is 100.0 Å². The van der Waals surface area contributed by atoms with Crippen molar-refractivity contribution in [2.75, 3.05) is 95.0 Å². The van der Waals surface area contributed by atoms with Crippen LogP contribution in [0.3, 0.4) is 0 Å². The lowest BCUT2D eigenvalue weighted by Crippen LogP contribution is -2.62. The quantitative estimate of drug-likeness (QED) is 0.209. The number of morpholine rings is 1. The van der Waals surface area contributed by atoms with Crippen molar-refractivity contribution in [3.8, 4) is 11.3 Å². The van der Waals surface area contributed by atoms with E-state index < -0.39 is 29.1 Å². The number of cyclic esters (lactones) is 1. The summed E-state index contributed by atoms with van der Waals surface area (Å²) >= 11 is 0. The summed E-state index contributed by atoms with van der Waals surface area (Å²) in [7, 11) is 0. The number of ether oxygens (including phenoxy) is 3. The molecule has 8 aliphatic rings. The number of hydrazine groups is 1. The number of carbonyl (C=O) groups is 4. The maximum atomic E-state index is 15.3. The number of hydrogen-bond donors (Lipinski definition) is 2. The molecule has 17 nitrogen and oxygen atoms in total. The van der Waals surface area contributed by atoms with E-state index in [0.717, 1.165) is 88.1 Å². The smallest absolute Gasteiger partial charge is 0.410 e. The lowest BCUT2D eigenvalue weighted by Gasteiger charge is -2.45. The summed E-state index contributed by atoms with van der Waals surface area (Å²) in [6, 6.07) is 7.84. The Kier molecular flexibility index (Phi) is 16.1. The van der Waals surface area contributed by atoms with E-state index in [1.54, 1.807) is 5.01 Å². The number of carbonyl (C=O) groups excluding carboxylic acids is 4. The summed E-state index contributed by atoms with van der Waals surface area (Å²) in [6.45, 7) is 26.9. The van der Waals surface area contributed by atoms with Crippen LogP contribution in [0.15, 0.2) is 30.5 Å². The SMILES string of the molecule is CCn1c(-c2cc(N3CCN4CCCC[C@@H]4C3)cnc2C(C)C)c2c3cc(ccc31)N1CCO[C@@H](C[C@H](NC(=O)[C@H](C3CCCC3)N3CC[C@]4(CCN(C(=O)OC(C)(C)C)C4)C3)C(=O)N3CCC[C@H](N3)C(=O)OCC(C)(C)C2)C1. The van der Waals surface area contributed by atoms with Gasteiger partial charge in [-0.05, 0) is 140 Å². The van der Waals surface area contributed by atoms with Gasteiger partial charge in [0.25, 0.3) is 5.91 Å². The molecule has 9 heterocycles. The summed E-state index contributed by atoms with van der Waals surface area (Å²) < 4.78 is 21.2. The second-order valence-electron chi connectivity index (χ2n) is 27.0. The third-order valence-electron chi connectivity index (χ3n) is 19.1. The molecule has 1 aromatic carbocycles. The fourth-order valence-corrected chi connectivity index (χ4v) is 15.0. The van der Waals surface area contributed by atoms with E-state index in [-0.39, 0.29) is 60.3 Å². The standard InChI is InChI=1S/C62H92N10O7/c1-9-71-52-20-19-43-31-47(52)49(55(71)48-32-45(35-63-53(48)41(2)3)67-28-27-66-23-13-12-17-44(66)36-67)34-61(7,8)40-78-58(75)50-18-14-24-72(65-50)57(74)51(33-46-37-68(43)29-30-77-46)64-56(73)54(42-15-10-11-16-42)69-25-21-62(38-69)22-26-70(39-62)59(76)79-60(4,5)6/h19-20,31-32,35,41-42,44,46,50-51,54,65H,9-18,21-30,33-34,36-40H2,1-8H3,(H,64,73)/t44-,46+,50+,51+,54+,62+/m1/s1. The van der Waals surface area contributed by atoms with Gasteiger partial charge in [-0.15, -0.1) is 0 Å². The molecule has 2 aromatic heterocycles. The fourth-order valence-electron chi connectivity index (χ4n) is 15.0. The van der Waals surface area contributed by atoms with E-state index in [9.17, 15) is 9.59 Å². The number of fused-ring (bicyclic) bond motifs is 7. The molecule has 6 saturated heterocycles. The highest BCUT2D eigenvalue weighted by molar-refractivity contribution is 5.95. The Morgan fingerprint density at radius 1 is 0.886 bits per heavy atom. The van der Waals surface area contributed by atoms with Crippen LogP contribution in [0.4, 0.5) is 16.2 Å². The van der Waals surface area contributed by atoms with Gasteiger partial charge in [0.05, 0.1) is 48.6 Å². The van der Waals surface area contributed by atoms with Crippen molar-refractivity contribution in [2.45, 2.75) is 187 Å². The molecule has 0 unspecified atom stereocenters. The van der Waals surface area contributed by atoms with Crippen LogP contribution in [0.25, 0.3) is 22.2 Å². The van der Waals surface area contributed by atoms with Gasteiger partial charge in [-0.2, -0.15) is 0 Å². The number of aryl methyl sites for hydroxylation is 1. The molecule has 6 bridgehead atoms. The van der Waals surface area contributed by atoms with Crippen molar-refractivity contribution in [3.63, 3.8) is 0 Å². The third kappa shape index (κ3) is 11.9. The number of pyridine rings is 1. The largest absolute Gasteiger partial charge is 0.464 e. The first-order chi connectivity index (χ1) is 37.8. The molecule has 1 spiro atoms. The van der Waals surface area contributed by atoms with Gasteiger partial charge in [-0.3, -0.25) is 34.2 Å². The van der Waals surface area contributed by atoms with Crippen molar-refractivity contribution in [2.24, 2.45) is 16.7 Å². The summed E-state index contributed by atoms with van der Waals surface area (Å²) in [5.74, 6) is -0.436. The van der Waals surface area contributed by atoms with Crippen LogP contribution in [0.5, 0.6) is 0 Å². The molecule has 1 aliphatic carbocycles. The number of likely N-dealkylation sites (tertiary alicyclic amines) is 2. The lowest BCUT2D eigenvalue weighted by molar-refractivity contribution is -0.156. The molecule has 6 atom stereocenters. The zero-order valence-electron chi connectivity index (χ0n) is 49.0. The number of anilines is 2. The van der Waals surface area contributed by atoms with Crippen molar-refractivity contribution in [1.29, 1.82) is 0 Å². The van der Waals surface area contributed by atoms with Gasteiger partial charge in [-0.1, -0.05) is 47.0 Å². The van der Waals surface area contributed by atoms with E-state index in [4.69, 9.17) is 19.2 Å². The summed E-state index contributed by atoms with van der Waals surface area (Å²) in [5, 5.41) is 6.12. The minimum atomic E-state index is -0.909. The van der Waals surface area contributed by atoms with Crippen molar-refractivity contribution in [3.05, 3.63) is 41.7 Å². The highest BCUT2D eigenvalue weighted by Crippen LogP contribution is 2.45. The number of benzene rings is 1. The van der Waals surface area contributed by atoms with E-state index in [1.807, 2.05) is 25.7 Å². The molecule has 7 aliphatic heterocycles. The number of rotatable bonds is 8. The average Bonchev–Trinajstić information content (AvgIpc) is 4.45. The first-order valence-corrected chi connectivity index (χ1v) is 30.6. The van der Waals surface area contributed by atoms with Gasteiger partial charge < -0.3 is 38.8 Å². The normalized spacial score (nSPS) is 28.1. The molecule has 17 heteroatoms. The van der Waals surface area contributed by atoms with Crippen LogP contribution < -0.4 is 20.5 Å². The maximum Gasteiger partial charge on any atom is 0.410 e. The van der Waals surface area contributed by atoms with Gasteiger partial charge in [0.15, 0.2) is 0 Å². The van der Waals surface area contributed by atoms with Gasteiger partial charge in [0, 0.05) is 111 Å². The van der Waals surface area contributed by atoms with E-state index in [0.29, 0.717) is 71.2 Å². The van der Waals surface area contributed by atoms with Crippen molar-refractivity contribution in [1.82, 2.24) is 40.0 Å². The number of esters is 1. The predicted molar refractivity (Wildman–Crippen MR) is 308 cm³/mol. The molecule has 3 aromatic rings. The fraction of sp³-hybridized carbons (Fsp3) is 0.726. The minimum Gasteiger partial charge on any atom is -0.464 e. The molecular weight excluding hydrogens is 997 g/mol. The molecule has 3 amide bonds. The molecule has 79 heavy (non-hydrogen) atoms. The van der Waals surface area contributed by atoms with Gasteiger partial charge in [-0.25, -0.2) is 10.2 Å². The maximum absolute atomic E-state index is 15.3. The van der Waals surface area contributed by atoms with Gasteiger partial charge in [0.1, 0.15) is 17.7 Å². The zero-order chi connectivity index (χ0) is 55.4. The van der Waals surface area contributed by atoms with Crippen LogP contribution in [-0.4, -0.2) is 174 Å². The first kappa shape index (κ1) is 55.9. The van der Waals surface area contributed by atoms with Crippen molar-refractivity contribution < 1.29 is 33.4 Å². The second-order valence-corrected chi connectivity index (χ2v) is 27.0. The van der Waals surface area contributed by atoms with Crippen LogP contribution >= 0.6 is 0 Å². The Morgan fingerprint density at radius 3 is 2.46 bits per heavy atom. The van der Waals surface area contributed by atoms with E-state index >= 15 is 9.59 Å². The van der Waals surface area contributed by atoms with Gasteiger partial charge >= 0.3 is 12.1 Å². The highest BCUT2D eigenvalue weighted by Gasteiger charge is 2.50. The molecule has 1 saturated carbocycles. The van der Waals surface area contributed by atoms with Crippen LogP contribution in [-0.2, 0) is 41.6 Å². The Bertz CT molecular complexity index is 2730. The van der Waals surface area contributed by atoms with E-state index in [1.165, 1.54) is 53.7 Å². The number of nitrogens with zero attached hydrogens (tertiary/aromatic N) is 8. The zero-order valence-corrected chi connectivity index (χ0v) is 49.0. The summed E-state index contributed by atoms with van der Waals surface area (Å²) in [4.78, 5) is 75.1. The number of nitrogens with one attached hydrogen (secondary N) is 2. The molecule has 11 rings (SSSR count). The Labute approximate surface area is 469 Å². The predicted octanol–water partition coefficient (Wildman–Crippen LogP) is 8.11. The summed E-state index contributed by atoms with van der Waals surface area (Å²) in [6.07, 6.45) is 13.2. The molecule has 2 N–H and O–H groups in total. The number of hydrogen-bond acceptors (Lipinski definition) is 13. The Balaban J connectivity index is 0.915. The second kappa shape index (κ2) is 22.8.